The molecule has 18 heavy (non-hydrogen) atoms. The Bertz CT molecular complexity index is 492. The van der Waals surface area contributed by atoms with Crippen LogP contribution >= 0.6 is 11.3 Å². The summed E-state index contributed by atoms with van der Waals surface area (Å²) in [4.78, 5) is 1.25. The van der Waals surface area contributed by atoms with Gasteiger partial charge in [-0.1, -0.05) is 6.92 Å². The van der Waals surface area contributed by atoms with E-state index in [4.69, 9.17) is 4.74 Å². The molecule has 0 aliphatic rings. The van der Waals surface area contributed by atoms with Crippen LogP contribution in [0.15, 0.2) is 23.8 Å². The predicted molar refractivity (Wildman–Crippen MR) is 74.2 cm³/mol. The molecule has 4 nitrogen and oxygen atoms in total. The van der Waals surface area contributed by atoms with Crippen molar-refractivity contribution >= 4 is 11.3 Å². The highest BCUT2D eigenvalue weighted by Gasteiger charge is 2.17. The van der Waals surface area contributed by atoms with E-state index in [9.17, 15) is 0 Å². The third-order valence-corrected chi connectivity index (χ3v) is 3.85. The lowest BCUT2D eigenvalue weighted by atomic mass is 10.1. The van der Waals surface area contributed by atoms with E-state index in [-0.39, 0.29) is 6.04 Å². The Kier molecular flexibility index (Phi) is 4.38. The molecule has 0 radical (unpaired) electrons. The third-order valence-electron chi connectivity index (χ3n) is 2.84. The maximum absolute atomic E-state index is 5.41. The van der Waals surface area contributed by atoms with Crippen LogP contribution in [-0.4, -0.2) is 23.4 Å². The monoisotopic (exact) mass is 265 g/mol. The van der Waals surface area contributed by atoms with Gasteiger partial charge in [0.1, 0.15) is 5.75 Å². The molecule has 98 valence electrons. The summed E-state index contributed by atoms with van der Waals surface area (Å²) >= 11 is 1.73. The van der Waals surface area contributed by atoms with Gasteiger partial charge >= 0.3 is 0 Å². The number of aromatic nitrogens is 2. The summed E-state index contributed by atoms with van der Waals surface area (Å²) < 4.78 is 7.24. The maximum atomic E-state index is 5.41. The van der Waals surface area contributed by atoms with E-state index >= 15 is 0 Å². The number of hydrogen-bond acceptors (Lipinski definition) is 4. The lowest BCUT2D eigenvalue weighted by Gasteiger charge is -2.17. The number of likely N-dealkylation sites (N-methyl/N-ethyl adjacent to an activating group) is 1. The first-order chi connectivity index (χ1) is 8.74. The Balaban J connectivity index is 2.17. The molecular formula is C13H19N3OS. The lowest BCUT2D eigenvalue weighted by molar-refractivity contribution is 0.403. The van der Waals surface area contributed by atoms with Gasteiger partial charge in [-0.2, -0.15) is 5.10 Å². The standard InChI is InChI=1S/C13H19N3OS/c1-4-14-11(7-10-8-15-16(2)9-10)13-12(17-3)5-6-18-13/h5-6,8-9,11,14H,4,7H2,1-3H3. The fraction of sp³-hybridized carbons (Fsp3) is 0.462. The van der Waals surface area contributed by atoms with Crippen LogP contribution in [0.25, 0.3) is 0 Å². The fourth-order valence-electron chi connectivity index (χ4n) is 2.05. The van der Waals surface area contributed by atoms with Crippen LogP contribution in [0.4, 0.5) is 0 Å². The normalized spacial score (nSPS) is 12.6. The van der Waals surface area contributed by atoms with Crippen molar-refractivity contribution in [3.05, 3.63) is 34.3 Å². The summed E-state index contributed by atoms with van der Waals surface area (Å²) in [5, 5.41) is 9.80. The van der Waals surface area contributed by atoms with Crippen LogP contribution in [0, 0.1) is 0 Å². The Hall–Kier alpha value is -1.33. The van der Waals surface area contributed by atoms with Gasteiger partial charge in [0.15, 0.2) is 0 Å². The molecule has 1 atom stereocenters. The van der Waals surface area contributed by atoms with E-state index in [0.717, 1.165) is 18.7 Å². The van der Waals surface area contributed by atoms with Crippen molar-refractivity contribution in [3.8, 4) is 5.75 Å². The van der Waals surface area contributed by atoms with E-state index in [2.05, 4.69) is 28.9 Å². The van der Waals surface area contributed by atoms with Crippen LogP contribution in [0.5, 0.6) is 5.75 Å². The average molecular weight is 265 g/mol. The molecule has 2 rings (SSSR count). The largest absolute Gasteiger partial charge is 0.496 e. The first-order valence-electron chi connectivity index (χ1n) is 6.06. The van der Waals surface area contributed by atoms with Crippen LogP contribution in [0.3, 0.4) is 0 Å². The zero-order chi connectivity index (χ0) is 13.0. The van der Waals surface area contributed by atoms with E-state index < -0.39 is 0 Å². The zero-order valence-corrected chi connectivity index (χ0v) is 11.8. The summed E-state index contributed by atoms with van der Waals surface area (Å²) in [6.45, 7) is 3.06. The van der Waals surface area contributed by atoms with Crippen molar-refractivity contribution in [3.63, 3.8) is 0 Å². The van der Waals surface area contributed by atoms with Crippen LogP contribution in [0.2, 0.25) is 0 Å². The zero-order valence-electron chi connectivity index (χ0n) is 11.0. The number of nitrogens with zero attached hydrogens (tertiary/aromatic N) is 2. The van der Waals surface area contributed by atoms with Crippen molar-refractivity contribution in [2.75, 3.05) is 13.7 Å². The van der Waals surface area contributed by atoms with Crippen molar-refractivity contribution in [1.29, 1.82) is 0 Å². The molecule has 1 N–H and O–H groups in total. The molecule has 0 bridgehead atoms. The number of nitrogens with one attached hydrogen (secondary N) is 1. The molecule has 0 spiro atoms. The Morgan fingerprint density at radius 1 is 1.56 bits per heavy atom. The SMILES string of the molecule is CCNC(Cc1cnn(C)c1)c1sccc1OC. The number of methoxy groups -OCH3 is 1. The highest BCUT2D eigenvalue weighted by atomic mass is 32.1. The molecule has 0 aliphatic carbocycles. The summed E-state index contributed by atoms with van der Waals surface area (Å²) in [6.07, 6.45) is 4.91. The topological polar surface area (TPSA) is 39.1 Å². The summed E-state index contributed by atoms with van der Waals surface area (Å²) in [7, 11) is 3.66. The quantitative estimate of drug-likeness (QED) is 0.871. The first kappa shape index (κ1) is 13.1. The molecule has 0 saturated heterocycles. The summed E-state index contributed by atoms with van der Waals surface area (Å²) in [5.41, 5.74) is 1.24. The van der Waals surface area contributed by atoms with Gasteiger partial charge in [0.25, 0.3) is 0 Å². The highest BCUT2D eigenvalue weighted by Crippen LogP contribution is 2.32. The lowest BCUT2D eigenvalue weighted by Crippen LogP contribution is -2.22. The minimum absolute atomic E-state index is 0.286. The second kappa shape index (κ2) is 6.02. The van der Waals surface area contributed by atoms with Gasteiger partial charge in [-0.15, -0.1) is 11.3 Å². The summed E-state index contributed by atoms with van der Waals surface area (Å²) in [5.74, 6) is 0.967. The molecule has 0 fully saturated rings. The smallest absolute Gasteiger partial charge is 0.134 e. The Morgan fingerprint density at radius 3 is 3.00 bits per heavy atom. The molecule has 1 unspecified atom stereocenters. The van der Waals surface area contributed by atoms with Gasteiger partial charge in [-0.25, -0.2) is 0 Å². The van der Waals surface area contributed by atoms with Crippen LogP contribution in [-0.2, 0) is 13.5 Å². The highest BCUT2D eigenvalue weighted by molar-refractivity contribution is 7.10. The Labute approximate surface area is 112 Å². The minimum atomic E-state index is 0.286. The van der Waals surface area contributed by atoms with Gasteiger partial charge in [0.05, 0.1) is 18.2 Å². The molecular weight excluding hydrogens is 246 g/mol. The van der Waals surface area contributed by atoms with E-state index in [1.807, 2.05) is 24.0 Å². The van der Waals surface area contributed by atoms with Crippen molar-refractivity contribution < 1.29 is 4.74 Å². The second-order valence-corrected chi connectivity index (χ2v) is 5.14. The van der Waals surface area contributed by atoms with E-state index in [1.165, 1.54) is 10.4 Å². The number of ether oxygens (including phenoxy) is 1. The number of hydrogen-bond donors (Lipinski definition) is 1. The van der Waals surface area contributed by atoms with Crippen molar-refractivity contribution in [2.45, 2.75) is 19.4 Å². The second-order valence-electron chi connectivity index (χ2n) is 4.19. The molecule has 2 aromatic heterocycles. The minimum Gasteiger partial charge on any atom is -0.496 e. The first-order valence-corrected chi connectivity index (χ1v) is 6.94. The van der Waals surface area contributed by atoms with Gasteiger partial charge in [-0.05, 0) is 30.0 Å². The average Bonchev–Trinajstić information content (AvgIpc) is 2.97. The van der Waals surface area contributed by atoms with Gasteiger partial charge in [0.2, 0.25) is 0 Å². The molecule has 0 saturated carbocycles. The summed E-state index contributed by atoms with van der Waals surface area (Å²) in [6, 6.07) is 2.31. The van der Waals surface area contributed by atoms with Crippen molar-refractivity contribution in [1.82, 2.24) is 15.1 Å². The van der Waals surface area contributed by atoms with Crippen LogP contribution < -0.4 is 10.1 Å². The molecule has 2 heterocycles. The predicted octanol–water partition coefficient (Wildman–Crippen LogP) is 2.38. The number of rotatable bonds is 6. The van der Waals surface area contributed by atoms with E-state index in [0.29, 0.717) is 0 Å². The van der Waals surface area contributed by atoms with Gasteiger partial charge < -0.3 is 10.1 Å². The molecule has 0 aliphatic heterocycles. The maximum Gasteiger partial charge on any atom is 0.134 e. The van der Waals surface area contributed by atoms with E-state index in [1.54, 1.807) is 18.4 Å². The number of aryl methyl sites for hydroxylation is 1. The van der Waals surface area contributed by atoms with Gasteiger partial charge in [0, 0.05) is 19.3 Å². The molecule has 0 aromatic carbocycles. The molecule has 0 amide bonds. The fourth-order valence-corrected chi connectivity index (χ4v) is 2.99. The van der Waals surface area contributed by atoms with Crippen LogP contribution in [0.1, 0.15) is 23.4 Å². The third kappa shape index (κ3) is 2.91. The molecule has 5 heteroatoms. The number of thiophene rings is 1. The Morgan fingerprint density at radius 2 is 2.39 bits per heavy atom. The van der Waals surface area contributed by atoms with Gasteiger partial charge in [-0.3, -0.25) is 4.68 Å². The van der Waals surface area contributed by atoms with Crippen molar-refractivity contribution in [2.24, 2.45) is 7.05 Å². The molecule has 2 aromatic rings.